The summed E-state index contributed by atoms with van der Waals surface area (Å²) in [4.78, 5) is 29.5. The number of aryl methyl sites for hydroxylation is 2. The Balaban J connectivity index is 1.61. The molecular formula is C32H33NO5. The van der Waals surface area contributed by atoms with E-state index in [1.807, 2.05) is 56.3 Å². The second-order valence-electron chi connectivity index (χ2n) is 10.3. The maximum absolute atomic E-state index is 13.9. The van der Waals surface area contributed by atoms with Crippen molar-refractivity contribution in [1.82, 2.24) is 4.90 Å². The zero-order valence-electron chi connectivity index (χ0n) is 22.8. The number of fused-ring (bicyclic) bond motifs is 2. The predicted molar refractivity (Wildman–Crippen MR) is 149 cm³/mol. The molecule has 0 N–H and O–H groups in total. The molecule has 1 aliphatic heterocycles. The van der Waals surface area contributed by atoms with Crippen molar-refractivity contribution in [1.29, 1.82) is 0 Å². The van der Waals surface area contributed by atoms with Gasteiger partial charge in [0.15, 0.2) is 16.9 Å². The fraction of sp³-hybridized carbons (Fsp3) is 0.312. The number of amides is 1. The number of carbonyl (C=O) groups excluding carboxylic acids is 1. The minimum Gasteiger partial charge on any atom is -0.493 e. The number of methoxy groups -OCH3 is 2. The Morgan fingerprint density at radius 1 is 0.921 bits per heavy atom. The summed E-state index contributed by atoms with van der Waals surface area (Å²) in [5, 5.41) is 0.514. The van der Waals surface area contributed by atoms with E-state index in [-0.39, 0.29) is 17.1 Å². The Hall–Kier alpha value is -4.06. The van der Waals surface area contributed by atoms with Crippen molar-refractivity contribution in [2.45, 2.75) is 46.1 Å². The highest BCUT2D eigenvalue weighted by Crippen LogP contribution is 2.39. The van der Waals surface area contributed by atoms with Gasteiger partial charge in [-0.05, 0) is 72.2 Å². The van der Waals surface area contributed by atoms with Crippen LogP contribution in [0.5, 0.6) is 11.5 Å². The number of benzene rings is 3. The van der Waals surface area contributed by atoms with E-state index in [9.17, 15) is 9.59 Å². The van der Waals surface area contributed by atoms with E-state index < -0.39 is 6.04 Å². The van der Waals surface area contributed by atoms with Crippen molar-refractivity contribution in [3.05, 3.63) is 104 Å². The SMILES string of the molecule is COc1ccc(CCN2C(=O)c3oc4c(C)cc(C)cc4c(=O)c3[C@H]2c2ccc(C(C)C)cc2)cc1OC. The first-order valence-electron chi connectivity index (χ1n) is 12.9. The first-order valence-corrected chi connectivity index (χ1v) is 12.9. The summed E-state index contributed by atoms with van der Waals surface area (Å²) in [5.74, 6) is 1.53. The molecular weight excluding hydrogens is 478 g/mol. The lowest BCUT2D eigenvalue weighted by Crippen LogP contribution is -2.31. The lowest BCUT2D eigenvalue weighted by Gasteiger charge is -2.25. The molecule has 0 unspecified atom stereocenters. The van der Waals surface area contributed by atoms with E-state index in [4.69, 9.17) is 13.9 Å². The zero-order valence-corrected chi connectivity index (χ0v) is 22.8. The van der Waals surface area contributed by atoms with Crippen LogP contribution < -0.4 is 14.9 Å². The molecule has 0 radical (unpaired) electrons. The van der Waals surface area contributed by atoms with Crippen LogP contribution in [0.15, 0.2) is 63.8 Å². The molecule has 0 saturated carbocycles. The second kappa shape index (κ2) is 10.0. The fourth-order valence-corrected chi connectivity index (χ4v) is 5.40. The van der Waals surface area contributed by atoms with Crippen molar-refractivity contribution < 1.29 is 18.7 Å². The minimum atomic E-state index is -0.527. The number of hydrogen-bond acceptors (Lipinski definition) is 5. The van der Waals surface area contributed by atoms with Gasteiger partial charge in [-0.3, -0.25) is 9.59 Å². The number of hydrogen-bond donors (Lipinski definition) is 0. The summed E-state index contributed by atoms with van der Waals surface area (Å²) in [5.41, 5.74) is 5.66. The maximum Gasteiger partial charge on any atom is 0.290 e. The monoisotopic (exact) mass is 511 g/mol. The summed E-state index contributed by atoms with van der Waals surface area (Å²) in [6.07, 6.45) is 0.576. The molecule has 1 aliphatic rings. The Morgan fingerprint density at radius 3 is 2.29 bits per heavy atom. The third kappa shape index (κ3) is 4.34. The molecule has 4 aromatic rings. The second-order valence-corrected chi connectivity index (χ2v) is 10.3. The summed E-state index contributed by atoms with van der Waals surface area (Å²) in [6, 6.07) is 17.2. The van der Waals surface area contributed by atoms with Crippen LogP contribution in [0.25, 0.3) is 11.0 Å². The van der Waals surface area contributed by atoms with Gasteiger partial charge in [0.05, 0.1) is 31.2 Å². The molecule has 0 saturated heterocycles. The first kappa shape index (κ1) is 25.6. The van der Waals surface area contributed by atoms with Crippen LogP contribution in [-0.4, -0.2) is 31.6 Å². The predicted octanol–water partition coefficient (Wildman–Crippen LogP) is 6.34. The van der Waals surface area contributed by atoms with Gasteiger partial charge in [-0.1, -0.05) is 50.2 Å². The van der Waals surface area contributed by atoms with Crippen molar-refractivity contribution in [3.63, 3.8) is 0 Å². The molecule has 0 bridgehead atoms. The third-order valence-electron chi connectivity index (χ3n) is 7.41. The molecule has 0 aliphatic carbocycles. The van der Waals surface area contributed by atoms with E-state index in [0.717, 1.165) is 22.3 Å². The van der Waals surface area contributed by atoms with Gasteiger partial charge < -0.3 is 18.8 Å². The van der Waals surface area contributed by atoms with Gasteiger partial charge in [0.25, 0.3) is 5.91 Å². The van der Waals surface area contributed by atoms with Crippen LogP contribution in [0.4, 0.5) is 0 Å². The molecule has 0 fully saturated rings. The summed E-state index contributed by atoms with van der Waals surface area (Å²) in [7, 11) is 3.20. The molecule has 38 heavy (non-hydrogen) atoms. The molecule has 1 atom stereocenters. The largest absolute Gasteiger partial charge is 0.493 e. The van der Waals surface area contributed by atoms with Gasteiger partial charge in [0.2, 0.25) is 5.76 Å². The highest BCUT2D eigenvalue weighted by atomic mass is 16.5. The van der Waals surface area contributed by atoms with Crippen LogP contribution in [0.2, 0.25) is 0 Å². The smallest absolute Gasteiger partial charge is 0.290 e. The van der Waals surface area contributed by atoms with Crippen molar-refractivity contribution in [2.24, 2.45) is 0 Å². The van der Waals surface area contributed by atoms with Gasteiger partial charge in [0.1, 0.15) is 5.58 Å². The van der Waals surface area contributed by atoms with Gasteiger partial charge in [-0.25, -0.2) is 0 Å². The minimum absolute atomic E-state index is 0.139. The first-order chi connectivity index (χ1) is 18.2. The van der Waals surface area contributed by atoms with Gasteiger partial charge in [0, 0.05) is 6.54 Å². The van der Waals surface area contributed by atoms with Crippen molar-refractivity contribution in [2.75, 3.05) is 20.8 Å². The van der Waals surface area contributed by atoms with Gasteiger partial charge in [-0.15, -0.1) is 0 Å². The molecule has 196 valence electrons. The van der Waals surface area contributed by atoms with Crippen molar-refractivity contribution >= 4 is 16.9 Å². The molecule has 1 aromatic heterocycles. The van der Waals surface area contributed by atoms with Crippen LogP contribution in [-0.2, 0) is 6.42 Å². The molecule has 2 heterocycles. The Kier molecular flexibility index (Phi) is 6.74. The third-order valence-corrected chi connectivity index (χ3v) is 7.41. The van der Waals surface area contributed by atoms with Crippen LogP contribution in [0.1, 0.15) is 69.7 Å². The molecule has 1 amide bonds. The van der Waals surface area contributed by atoms with E-state index >= 15 is 0 Å². The van der Waals surface area contributed by atoms with E-state index in [1.54, 1.807) is 19.1 Å². The summed E-state index contributed by atoms with van der Waals surface area (Å²) >= 11 is 0. The number of nitrogens with zero attached hydrogens (tertiary/aromatic N) is 1. The Bertz CT molecular complexity index is 1580. The Labute approximate surface area is 222 Å². The number of ether oxygens (including phenoxy) is 2. The Morgan fingerprint density at radius 2 is 1.63 bits per heavy atom. The van der Waals surface area contributed by atoms with Gasteiger partial charge >= 0.3 is 0 Å². The molecule has 5 rings (SSSR count). The standard InChI is InChI=1S/C32H33NO5/c1-18(2)22-8-10-23(11-9-22)28-27-29(34)24-16-19(3)15-20(4)30(24)38-31(27)32(35)33(28)14-13-21-7-12-25(36-5)26(17-21)37-6/h7-12,15-18,28H,13-14H2,1-6H3/t28-/m1/s1. The molecule has 6 nitrogen and oxygen atoms in total. The van der Waals surface area contributed by atoms with Crippen LogP contribution >= 0.6 is 0 Å². The average molecular weight is 512 g/mol. The molecule has 6 heteroatoms. The molecule has 3 aromatic carbocycles. The van der Waals surface area contributed by atoms with E-state index in [1.165, 1.54) is 5.56 Å². The number of rotatable bonds is 7. The molecule has 0 spiro atoms. The zero-order chi connectivity index (χ0) is 27.1. The topological polar surface area (TPSA) is 69.0 Å². The lowest BCUT2D eigenvalue weighted by atomic mass is 9.94. The van der Waals surface area contributed by atoms with Gasteiger partial charge in [-0.2, -0.15) is 0 Å². The fourth-order valence-electron chi connectivity index (χ4n) is 5.40. The van der Waals surface area contributed by atoms with Crippen molar-refractivity contribution in [3.8, 4) is 11.5 Å². The number of carbonyl (C=O) groups is 1. The quantitative estimate of drug-likeness (QED) is 0.290. The highest BCUT2D eigenvalue weighted by molar-refractivity contribution is 5.99. The highest BCUT2D eigenvalue weighted by Gasteiger charge is 2.42. The van der Waals surface area contributed by atoms with E-state index in [2.05, 4.69) is 26.0 Å². The lowest BCUT2D eigenvalue weighted by molar-refractivity contribution is 0.0730. The maximum atomic E-state index is 13.9. The van der Waals surface area contributed by atoms with Crippen LogP contribution in [0, 0.1) is 13.8 Å². The average Bonchev–Trinajstić information content (AvgIpc) is 3.19. The van der Waals surface area contributed by atoms with E-state index in [0.29, 0.717) is 46.9 Å². The summed E-state index contributed by atoms with van der Waals surface area (Å²) in [6.45, 7) is 8.56. The summed E-state index contributed by atoms with van der Waals surface area (Å²) < 4.78 is 17.0. The van der Waals surface area contributed by atoms with Crippen LogP contribution in [0.3, 0.4) is 0 Å². The normalized spacial score (nSPS) is 14.9.